The molecular formula is C3H6NO3+. The fourth-order valence-corrected chi connectivity index (χ4v) is 0.181. The monoisotopic (exact) mass is 104 g/mol. The van der Waals surface area contributed by atoms with Crippen molar-refractivity contribution in [1.29, 1.82) is 0 Å². The van der Waals surface area contributed by atoms with E-state index in [1.54, 1.807) is 0 Å². The van der Waals surface area contributed by atoms with Gasteiger partial charge in [-0.15, -0.1) is 0 Å². The predicted octanol–water partition coefficient (Wildman–Crippen LogP) is -0.127. The Morgan fingerprint density at radius 2 is 2.14 bits per heavy atom. The van der Waals surface area contributed by atoms with Crippen LogP contribution in [0.3, 0.4) is 0 Å². The topological polar surface area (TPSA) is 46.4 Å². The largest absolute Gasteiger partial charge is 0.382 e. The molecule has 0 bridgehead atoms. The quantitative estimate of drug-likeness (QED) is 0.435. The third-order valence-corrected chi connectivity index (χ3v) is 0.257. The molecule has 0 heterocycles. The van der Waals surface area contributed by atoms with E-state index in [4.69, 9.17) is 0 Å². The lowest BCUT2D eigenvalue weighted by Gasteiger charge is -1.76. The summed E-state index contributed by atoms with van der Waals surface area (Å²) in [7, 11) is 1.10. The summed E-state index contributed by atoms with van der Waals surface area (Å²) >= 11 is 0. The molecule has 0 aromatic carbocycles. The van der Waals surface area contributed by atoms with Gasteiger partial charge in [-0.1, -0.05) is 0 Å². The molecule has 0 amide bonds. The molecular weight excluding hydrogens is 98.0 g/mol. The molecule has 0 radical (unpaired) electrons. The van der Waals surface area contributed by atoms with Gasteiger partial charge in [0.1, 0.15) is 0 Å². The number of carbonyl (C=O) groups is 1. The highest BCUT2D eigenvalue weighted by molar-refractivity contribution is 5.64. The van der Waals surface area contributed by atoms with E-state index in [9.17, 15) is 9.70 Å². The van der Waals surface area contributed by atoms with E-state index >= 15 is 0 Å². The van der Waals surface area contributed by atoms with Gasteiger partial charge in [0.05, 0.1) is 4.91 Å². The molecule has 40 valence electrons. The lowest BCUT2D eigenvalue weighted by Crippen LogP contribution is -2.06. The number of hydrogen-bond donors (Lipinski definition) is 0. The van der Waals surface area contributed by atoms with Crippen LogP contribution in [0.4, 0.5) is 0 Å². The first-order valence-electron chi connectivity index (χ1n) is 1.72. The fourth-order valence-electron chi connectivity index (χ4n) is 0.181. The van der Waals surface area contributed by atoms with Crippen LogP contribution in [0.25, 0.3) is 0 Å². The molecule has 0 saturated heterocycles. The van der Waals surface area contributed by atoms with Crippen molar-refractivity contribution in [2.45, 2.75) is 6.92 Å². The molecule has 0 N–H and O–H groups in total. The second kappa shape index (κ2) is 2.28. The molecule has 0 unspecified atom stereocenters. The lowest BCUT2D eigenvalue weighted by molar-refractivity contribution is -0.757. The summed E-state index contributed by atoms with van der Waals surface area (Å²) in [6.07, 6.45) is 0. The standard InChI is InChI=1S/C3H6NO3/c1-3(5)7-4(2)6/h1-2H3/q+1. The lowest BCUT2D eigenvalue weighted by atomic mass is 10.8. The molecule has 0 aromatic rings. The van der Waals surface area contributed by atoms with Crippen LogP contribution in [0.2, 0.25) is 0 Å². The van der Waals surface area contributed by atoms with Gasteiger partial charge in [0.15, 0.2) is 0 Å². The van der Waals surface area contributed by atoms with Gasteiger partial charge in [0, 0.05) is 6.92 Å². The zero-order valence-corrected chi connectivity index (χ0v) is 4.17. The highest BCUT2D eigenvalue weighted by Crippen LogP contribution is 1.70. The second-order valence-corrected chi connectivity index (χ2v) is 1.02. The third kappa shape index (κ3) is 5.07. The van der Waals surface area contributed by atoms with Crippen LogP contribution in [-0.2, 0) is 9.63 Å². The van der Waals surface area contributed by atoms with Crippen LogP contribution < -0.4 is 0 Å². The zero-order valence-electron chi connectivity index (χ0n) is 4.17. The normalized spacial score (nSPS) is 7.71. The average molecular weight is 104 g/mol. The Morgan fingerprint density at radius 3 is 2.14 bits per heavy atom. The first-order chi connectivity index (χ1) is 3.13. The van der Waals surface area contributed by atoms with Gasteiger partial charge < -0.3 is 0 Å². The highest BCUT2D eigenvalue weighted by atomic mass is 16.8. The summed E-state index contributed by atoms with van der Waals surface area (Å²) in [5, 5.41) is 0. The average Bonchev–Trinajstić information content (AvgIpc) is 1.27. The molecule has 0 atom stereocenters. The molecule has 0 rings (SSSR count). The van der Waals surface area contributed by atoms with Crippen molar-refractivity contribution in [2.75, 3.05) is 7.05 Å². The number of carbonyl (C=O) groups excluding carboxylic acids is 1. The van der Waals surface area contributed by atoms with Gasteiger partial charge in [0.2, 0.25) is 12.0 Å². The zero-order chi connectivity index (χ0) is 5.86. The number of rotatable bonds is 1. The Bertz CT molecular complexity index is 86.4. The minimum Gasteiger partial charge on any atom is -0.245 e. The summed E-state index contributed by atoms with van der Waals surface area (Å²) in [5.41, 5.74) is 0. The molecule has 4 heteroatoms. The van der Waals surface area contributed by atoms with Crippen molar-refractivity contribution in [3.05, 3.63) is 4.91 Å². The summed E-state index contributed by atoms with van der Waals surface area (Å²) in [4.78, 5) is 23.5. The van der Waals surface area contributed by atoms with Crippen LogP contribution in [0.1, 0.15) is 6.92 Å². The maximum Gasteiger partial charge on any atom is 0.382 e. The molecule has 0 aliphatic heterocycles. The van der Waals surface area contributed by atoms with Crippen molar-refractivity contribution in [3.63, 3.8) is 0 Å². The van der Waals surface area contributed by atoms with Gasteiger partial charge in [-0.2, -0.15) is 4.84 Å². The van der Waals surface area contributed by atoms with E-state index in [1.807, 2.05) is 0 Å². The van der Waals surface area contributed by atoms with Gasteiger partial charge >= 0.3 is 5.97 Å². The first-order valence-corrected chi connectivity index (χ1v) is 1.72. The van der Waals surface area contributed by atoms with Crippen LogP contribution in [-0.4, -0.2) is 17.9 Å². The van der Waals surface area contributed by atoms with Crippen LogP contribution in [0, 0.1) is 4.91 Å². The SMILES string of the molecule is CC(=O)O[N+](C)=O. The maximum atomic E-state index is 9.79. The fraction of sp³-hybridized carbons (Fsp3) is 0.667. The van der Waals surface area contributed by atoms with E-state index < -0.39 is 5.97 Å². The van der Waals surface area contributed by atoms with Crippen LogP contribution >= 0.6 is 0 Å². The molecule has 7 heavy (non-hydrogen) atoms. The van der Waals surface area contributed by atoms with Crippen molar-refractivity contribution in [3.8, 4) is 0 Å². The first kappa shape index (κ1) is 6.07. The maximum absolute atomic E-state index is 9.79. The smallest absolute Gasteiger partial charge is 0.245 e. The van der Waals surface area contributed by atoms with Crippen LogP contribution in [0.15, 0.2) is 0 Å². The highest BCUT2D eigenvalue weighted by Gasteiger charge is 2.01. The molecule has 0 aromatic heterocycles. The van der Waals surface area contributed by atoms with Crippen molar-refractivity contribution in [1.82, 2.24) is 0 Å². The summed E-state index contributed by atoms with van der Waals surface area (Å²) in [5.74, 6) is -0.600. The Balaban J connectivity index is 3.32. The van der Waals surface area contributed by atoms with Crippen molar-refractivity contribution >= 4 is 5.97 Å². The number of hydrogen-bond acceptors (Lipinski definition) is 3. The molecule has 4 nitrogen and oxygen atoms in total. The second-order valence-electron chi connectivity index (χ2n) is 1.02. The van der Waals surface area contributed by atoms with E-state index in [0.717, 1.165) is 14.0 Å². The van der Waals surface area contributed by atoms with E-state index in [2.05, 4.69) is 4.84 Å². The molecule has 0 fully saturated rings. The summed E-state index contributed by atoms with van der Waals surface area (Å²) < 4.78 is 0. The Labute approximate surface area is 40.6 Å². The molecule has 0 spiro atoms. The van der Waals surface area contributed by atoms with Gasteiger partial charge in [-0.25, -0.2) is 4.79 Å². The van der Waals surface area contributed by atoms with Gasteiger partial charge in [-0.05, 0) is 0 Å². The molecule has 0 saturated carbocycles. The third-order valence-electron chi connectivity index (χ3n) is 0.257. The van der Waals surface area contributed by atoms with E-state index in [-0.39, 0.29) is 4.92 Å². The molecule has 0 aliphatic carbocycles. The minimum atomic E-state index is -0.600. The van der Waals surface area contributed by atoms with Gasteiger partial charge in [-0.3, -0.25) is 0 Å². The molecule has 0 aliphatic rings. The predicted molar refractivity (Wildman–Crippen MR) is 21.3 cm³/mol. The van der Waals surface area contributed by atoms with Crippen LogP contribution in [0.5, 0.6) is 0 Å². The Kier molecular flexibility index (Phi) is 1.98. The van der Waals surface area contributed by atoms with Crippen molar-refractivity contribution in [2.24, 2.45) is 0 Å². The minimum absolute atomic E-state index is 0.0995. The Morgan fingerprint density at radius 1 is 1.71 bits per heavy atom. The number of nitrogens with zero attached hydrogens (tertiary/aromatic N) is 1. The van der Waals surface area contributed by atoms with E-state index in [0.29, 0.717) is 0 Å². The van der Waals surface area contributed by atoms with Crippen molar-refractivity contribution < 1.29 is 14.6 Å². The van der Waals surface area contributed by atoms with E-state index in [1.165, 1.54) is 0 Å². The Hall–Kier alpha value is -0.930. The van der Waals surface area contributed by atoms with Gasteiger partial charge in [0.25, 0.3) is 0 Å². The summed E-state index contributed by atoms with van der Waals surface area (Å²) in [6.45, 7) is 1.16. The summed E-state index contributed by atoms with van der Waals surface area (Å²) in [6, 6.07) is 0.